The smallest absolute Gasteiger partial charge is 0.228 e. The number of hydrogen-bond acceptors (Lipinski definition) is 3. The van der Waals surface area contributed by atoms with Crippen LogP contribution >= 0.6 is 0 Å². The summed E-state index contributed by atoms with van der Waals surface area (Å²) >= 11 is 0. The van der Waals surface area contributed by atoms with Crippen LogP contribution in [0.15, 0.2) is 59.6 Å². The molecule has 0 bridgehead atoms. The Morgan fingerprint density at radius 2 is 1.94 bits per heavy atom. The average Bonchev–Trinajstić information content (AvgIpc) is 3.18. The van der Waals surface area contributed by atoms with Gasteiger partial charge in [0.25, 0.3) is 0 Å². The second-order valence-corrected chi connectivity index (χ2v) is 10.8. The Bertz CT molecular complexity index is 842. The molecule has 0 aromatic rings. The fourth-order valence-electron chi connectivity index (χ4n) is 5.68. The molecule has 35 heavy (non-hydrogen) atoms. The molecule has 0 spiro atoms. The lowest BCUT2D eigenvalue weighted by atomic mass is 9.85. The van der Waals surface area contributed by atoms with Gasteiger partial charge in [-0.2, -0.15) is 0 Å². The highest BCUT2D eigenvalue weighted by molar-refractivity contribution is 5.81. The molecule has 1 fully saturated rings. The van der Waals surface area contributed by atoms with Gasteiger partial charge in [0.05, 0.1) is 0 Å². The van der Waals surface area contributed by atoms with Crippen LogP contribution in [0.25, 0.3) is 0 Å². The second-order valence-electron chi connectivity index (χ2n) is 10.8. The minimum absolute atomic E-state index is 0.0317. The number of nitrogens with zero attached hydrogens (tertiary/aromatic N) is 1. The predicted molar refractivity (Wildman–Crippen MR) is 146 cm³/mol. The van der Waals surface area contributed by atoms with Crippen molar-refractivity contribution in [2.45, 2.75) is 105 Å². The van der Waals surface area contributed by atoms with Crippen molar-refractivity contribution in [2.75, 3.05) is 6.61 Å². The molecule has 1 heterocycles. The van der Waals surface area contributed by atoms with Gasteiger partial charge in [0.1, 0.15) is 6.10 Å². The highest BCUT2D eigenvalue weighted by Gasteiger charge is 2.23. The summed E-state index contributed by atoms with van der Waals surface area (Å²) in [5, 5.41) is 3.17. The van der Waals surface area contributed by atoms with E-state index in [1.165, 1.54) is 49.7 Å². The van der Waals surface area contributed by atoms with E-state index in [-0.39, 0.29) is 12.0 Å². The SMILES string of the molecule is C/C=C\N1C=C(CC(=O)NC2=CC(=CC(C)C3CCCCCC3)C(OCC)C=C2)CCC(C)C1C. The van der Waals surface area contributed by atoms with Gasteiger partial charge in [0.2, 0.25) is 5.91 Å². The maximum atomic E-state index is 13.0. The number of allylic oxidation sites excluding steroid dienone is 3. The Hall–Kier alpha value is -2.07. The van der Waals surface area contributed by atoms with Gasteiger partial charge in [-0.15, -0.1) is 0 Å². The zero-order valence-corrected chi connectivity index (χ0v) is 22.8. The molecule has 4 unspecified atom stereocenters. The van der Waals surface area contributed by atoms with E-state index in [1.54, 1.807) is 0 Å². The molecule has 1 aliphatic heterocycles. The van der Waals surface area contributed by atoms with Crippen LogP contribution in [0.3, 0.4) is 0 Å². The van der Waals surface area contributed by atoms with Crippen LogP contribution in [-0.2, 0) is 9.53 Å². The van der Waals surface area contributed by atoms with Gasteiger partial charge in [0.15, 0.2) is 0 Å². The van der Waals surface area contributed by atoms with Crippen molar-refractivity contribution in [3.63, 3.8) is 0 Å². The van der Waals surface area contributed by atoms with Crippen molar-refractivity contribution in [1.82, 2.24) is 10.2 Å². The monoisotopic (exact) mass is 480 g/mol. The highest BCUT2D eigenvalue weighted by atomic mass is 16.5. The van der Waals surface area contributed by atoms with Crippen molar-refractivity contribution in [1.29, 1.82) is 0 Å². The van der Waals surface area contributed by atoms with E-state index >= 15 is 0 Å². The molecule has 1 amide bonds. The van der Waals surface area contributed by atoms with E-state index in [0.29, 0.717) is 30.9 Å². The van der Waals surface area contributed by atoms with Crippen LogP contribution < -0.4 is 5.32 Å². The van der Waals surface area contributed by atoms with Gasteiger partial charge in [0, 0.05) is 31.0 Å². The van der Waals surface area contributed by atoms with Crippen molar-refractivity contribution in [2.24, 2.45) is 17.8 Å². The molecule has 0 aromatic heterocycles. The lowest BCUT2D eigenvalue weighted by Gasteiger charge is -2.27. The molecule has 4 heteroatoms. The Kier molecular flexibility index (Phi) is 10.9. The molecule has 0 radical (unpaired) electrons. The Labute approximate surface area is 214 Å². The maximum absolute atomic E-state index is 13.0. The summed E-state index contributed by atoms with van der Waals surface area (Å²) in [5.41, 5.74) is 3.24. The molecule has 0 saturated heterocycles. The molecular weight excluding hydrogens is 432 g/mol. The molecule has 4 atom stereocenters. The molecule has 2 aliphatic carbocycles. The van der Waals surface area contributed by atoms with E-state index in [0.717, 1.165) is 24.5 Å². The van der Waals surface area contributed by atoms with Crippen molar-refractivity contribution >= 4 is 5.91 Å². The van der Waals surface area contributed by atoms with Gasteiger partial charge >= 0.3 is 0 Å². The molecule has 194 valence electrons. The summed E-state index contributed by atoms with van der Waals surface area (Å²) in [5.74, 6) is 1.91. The third kappa shape index (κ3) is 8.24. The van der Waals surface area contributed by atoms with Crippen LogP contribution in [0, 0.1) is 17.8 Å². The normalized spacial score (nSPS) is 28.4. The summed E-state index contributed by atoms with van der Waals surface area (Å²) in [6.45, 7) is 11.7. The number of carbonyl (C=O) groups excluding carboxylic acids is 1. The zero-order valence-electron chi connectivity index (χ0n) is 22.8. The standard InChI is InChI=1S/C31H48N2O2/c1-6-18-33-22-26(15-14-23(3)25(33)5)20-31(34)32-29-16-17-30(35-7-2)28(21-29)19-24(4)27-12-10-8-9-11-13-27/h6,16-19,21-25,27,30H,7-15,20H2,1-5H3,(H,32,34)/b18-6-,28-19?. The first-order chi connectivity index (χ1) is 16.9. The van der Waals surface area contributed by atoms with Gasteiger partial charge in [-0.1, -0.05) is 51.7 Å². The van der Waals surface area contributed by atoms with Crippen LogP contribution in [0.1, 0.15) is 92.4 Å². The first-order valence-corrected chi connectivity index (χ1v) is 14.0. The van der Waals surface area contributed by atoms with Crippen molar-refractivity contribution in [3.8, 4) is 0 Å². The van der Waals surface area contributed by atoms with E-state index in [4.69, 9.17) is 4.74 Å². The number of rotatable bonds is 8. The second kappa shape index (κ2) is 13.9. The fourth-order valence-corrected chi connectivity index (χ4v) is 5.68. The molecule has 1 saturated carbocycles. The summed E-state index contributed by atoms with van der Waals surface area (Å²) in [7, 11) is 0. The lowest BCUT2D eigenvalue weighted by molar-refractivity contribution is -0.119. The molecule has 3 aliphatic rings. The van der Waals surface area contributed by atoms with E-state index in [9.17, 15) is 4.79 Å². The van der Waals surface area contributed by atoms with Gasteiger partial charge in [-0.05, 0) is 99.8 Å². The number of nitrogens with one attached hydrogen (secondary N) is 1. The third-order valence-electron chi connectivity index (χ3n) is 8.09. The van der Waals surface area contributed by atoms with E-state index in [2.05, 4.69) is 67.7 Å². The van der Waals surface area contributed by atoms with Crippen molar-refractivity contribution < 1.29 is 9.53 Å². The third-order valence-corrected chi connectivity index (χ3v) is 8.09. The fraction of sp³-hybridized carbons (Fsp3) is 0.645. The first-order valence-electron chi connectivity index (χ1n) is 14.0. The minimum Gasteiger partial charge on any atom is -0.370 e. The van der Waals surface area contributed by atoms with E-state index < -0.39 is 0 Å². The molecule has 1 N–H and O–H groups in total. The lowest BCUT2D eigenvalue weighted by Crippen LogP contribution is -2.28. The topological polar surface area (TPSA) is 41.6 Å². The summed E-state index contributed by atoms with van der Waals surface area (Å²) < 4.78 is 6.02. The van der Waals surface area contributed by atoms with Crippen LogP contribution in [0.4, 0.5) is 0 Å². The number of amides is 1. The Balaban J connectivity index is 1.69. The van der Waals surface area contributed by atoms with Crippen LogP contribution in [-0.4, -0.2) is 29.6 Å². The Morgan fingerprint density at radius 1 is 1.20 bits per heavy atom. The summed E-state index contributed by atoms with van der Waals surface area (Å²) in [6.07, 6.45) is 25.6. The quantitative estimate of drug-likeness (QED) is 0.367. The number of ether oxygens (including phenoxy) is 1. The zero-order chi connectivity index (χ0) is 25.2. The van der Waals surface area contributed by atoms with Gasteiger partial charge in [-0.25, -0.2) is 0 Å². The largest absolute Gasteiger partial charge is 0.370 e. The number of carbonyl (C=O) groups is 1. The minimum atomic E-state index is -0.0317. The van der Waals surface area contributed by atoms with Gasteiger partial charge in [-0.3, -0.25) is 4.79 Å². The van der Waals surface area contributed by atoms with Crippen LogP contribution in [0.2, 0.25) is 0 Å². The van der Waals surface area contributed by atoms with E-state index in [1.807, 2.05) is 19.9 Å². The molecule has 3 rings (SSSR count). The van der Waals surface area contributed by atoms with Crippen molar-refractivity contribution in [3.05, 3.63) is 59.6 Å². The maximum Gasteiger partial charge on any atom is 0.228 e. The number of hydrogen-bond donors (Lipinski definition) is 1. The molecular formula is C31H48N2O2. The highest BCUT2D eigenvalue weighted by Crippen LogP contribution is 2.32. The predicted octanol–water partition coefficient (Wildman–Crippen LogP) is 7.42. The average molecular weight is 481 g/mol. The van der Waals surface area contributed by atoms with Crippen LogP contribution in [0.5, 0.6) is 0 Å². The molecule has 4 nitrogen and oxygen atoms in total. The summed E-state index contributed by atoms with van der Waals surface area (Å²) in [6, 6.07) is 0.439. The van der Waals surface area contributed by atoms with Gasteiger partial charge < -0.3 is 15.0 Å². The molecule has 0 aromatic carbocycles. The Morgan fingerprint density at radius 3 is 2.63 bits per heavy atom. The first kappa shape index (κ1) is 27.5. The summed E-state index contributed by atoms with van der Waals surface area (Å²) in [4.78, 5) is 15.3.